The molecule has 2 aliphatic heterocycles. The van der Waals surface area contributed by atoms with Crippen LogP contribution < -0.4 is 10.6 Å². The second-order valence-electron chi connectivity index (χ2n) is 10.2. The van der Waals surface area contributed by atoms with Crippen molar-refractivity contribution >= 4 is 17.4 Å². The molecule has 7 heteroatoms. The van der Waals surface area contributed by atoms with E-state index in [1.165, 1.54) is 31.9 Å². The van der Waals surface area contributed by atoms with E-state index in [0.717, 1.165) is 70.4 Å². The lowest BCUT2D eigenvalue weighted by Gasteiger charge is -2.41. The normalized spacial score (nSPS) is 23.5. The molecule has 2 aliphatic rings. The second kappa shape index (κ2) is 17.5. The number of esters is 1. The summed E-state index contributed by atoms with van der Waals surface area (Å²) in [5.41, 5.74) is 5.67. The van der Waals surface area contributed by atoms with Crippen LogP contribution in [0.5, 0.6) is 0 Å². The Morgan fingerprint density at radius 3 is 2.30 bits per heavy atom. The maximum absolute atomic E-state index is 13.2. The Morgan fingerprint density at radius 2 is 1.76 bits per heavy atom. The molecule has 0 bridgehead atoms. The topological polar surface area (TPSA) is 75.9 Å². The number of nitrogens with zero attached hydrogens (tertiary/aromatic N) is 2. The number of piperazine rings is 1. The summed E-state index contributed by atoms with van der Waals surface area (Å²) >= 11 is 0. The first-order valence-electron chi connectivity index (χ1n) is 14.4. The fourth-order valence-electron chi connectivity index (χ4n) is 5.25. The molecule has 6 nitrogen and oxygen atoms in total. The molecule has 2 fully saturated rings. The number of rotatable bonds is 11. The van der Waals surface area contributed by atoms with Crippen molar-refractivity contribution < 1.29 is 18.7 Å². The summed E-state index contributed by atoms with van der Waals surface area (Å²) < 4.78 is 19.1. The summed E-state index contributed by atoms with van der Waals surface area (Å²) in [7, 11) is 0. The first-order chi connectivity index (χ1) is 17.7. The standard InChI is InChI=1S/C25H39FN2O2.C3H7NO.C2H6/c1-4-6-7-14-25(13-5-2)18-23(30-24(25)29)12-15-27-16-17-28(19-20(27)3)22-10-8-21(26)9-11-22;1-3(5)2-4;1-2/h8-11,20,23H,4-7,12-19H2,1-3H3;2,4H2,1H3;1-2H3. The van der Waals surface area contributed by atoms with Crippen LogP contribution in [0.2, 0.25) is 0 Å². The Labute approximate surface area is 225 Å². The van der Waals surface area contributed by atoms with Crippen molar-refractivity contribution in [2.24, 2.45) is 11.1 Å². The number of carbonyl (C=O) groups excluding carboxylic acids is 2. The monoisotopic (exact) mass is 521 g/mol. The van der Waals surface area contributed by atoms with Crippen molar-refractivity contribution in [3.8, 4) is 0 Å². The predicted molar refractivity (Wildman–Crippen MR) is 151 cm³/mol. The van der Waals surface area contributed by atoms with E-state index in [9.17, 15) is 14.0 Å². The quantitative estimate of drug-likeness (QED) is 0.286. The zero-order valence-corrected chi connectivity index (χ0v) is 24.2. The van der Waals surface area contributed by atoms with Gasteiger partial charge in [-0.2, -0.15) is 0 Å². The molecule has 1 aromatic rings. The minimum Gasteiger partial charge on any atom is -0.462 e. The molecular weight excluding hydrogens is 469 g/mol. The minimum absolute atomic E-state index is 0.0324. The van der Waals surface area contributed by atoms with Crippen LogP contribution in [-0.4, -0.2) is 61.5 Å². The van der Waals surface area contributed by atoms with Gasteiger partial charge in [-0.3, -0.25) is 14.5 Å². The lowest BCUT2D eigenvalue weighted by Crippen LogP contribution is -2.52. The first kappa shape index (κ1) is 33.0. The molecule has 3 rings (SSSR count). The van der Waals surface area contributed by atoms with Crippen molar-refractivity contribution in [3.63, 3.8) is 0 Å². The van der Waals surface area contributed by atoms with Crippen LogP contribution in [0, 0.1) is 11.2 Å². The third-order valence-electron chi connectivity index (χ3n) is 7.30. The van der Waals surface area contributed by atoms with Crippen molar-refractivity contribution in [2.75, 3.05) is 37.6 Å². The van der Waals surface area contributed by atoms with Gasteiger partial charge >= 0.3 is 5.97 Å². The van der Waals surface area contributed by atoms with Crippen molar-refractivity contribution in [1.29, 1.82) is 0 Å². The number of hydrogen-bond donors (Lipinski definition) is 1. The summed E-state index contributed by atoms with van der Waals surface area (Å²) in [5.74, 6) is -0.102. The van der Waals surface area contributed by atoms with Gasteiger partial charge in [0.1, 0.15) is 17.7 Å². The van der Waals surface area contributed by atoms with E-state index in [-0.39, 0.29) is 35.6 Å². The minimum atomic E-state index is -0.235. The van der Waals surface area contributed by atoms with Gasteiger partial charge in [-0.05, 0) is 57.4 Å². The smallest absolute Gasteiger partial charge is 0.312 e. The Bertz CT molecular complexity index is 789. The van der Waals surface area contributed by atoms with Gasteiger partial charge < -0.3 is 15.4 Å². The number of hydrogen-bond acceptors (Lipinski definition) is 6. The Morgan fingerprint density at radius 1 is 1.11 bits per heavy atom. The molecule has 0 saturated carbocycles. The summed E-state index contributed by atoms with van der Waals surface area (Å²) in [5, 5.41) is 0. The fourth-order valence-corrected chi connectivity index (χ4v) is 5.25. The average molecular weight is 522 g/mol. The number of ketones is 1. The lowest BCUT2D eigenvalue weighted by molar-refractivity contribution is -0.149. The van der Waals surface area contributed by atoms with Gasteiger partial charge in [0, 0.05) is 44.3 Å². The molecule has 1 aromatic carbocycles. The molecule has 0 radical (unpaired) electrons. The van der Waals surface area contributed by atoms with Crippen LogP contribution in [-0.2, 0) is 14.3 Å². The Balaban J connectivity index is 0.000000874. The summed E-state index contributed by atoms with van der Waals surface area (Å²) in [6, 6.07) is 7.21. The number of carbonyl (C=O) groups is 2. The zero-order valence-electron chi connectivity index (χ0n) is 24.2. The van der Waals surface area contributed by atoms with Gasteiger partial charge in [0.05, 0.1) is 12.0 Å². The molecule has 2 saturated heterocycles. The highest BCUT2D eigenvalue weighted by molar-refractivity contribution is 5.79. The molecule has 0 amide bonds. The van der Waals surface area contributed by atoms with Crippen LogP contribution in [0.4, 0.5) is 10.1 Å². The number of ether oxygens (including phenoxy) is 1. The third kappa shape index (κ3) is 10.7. The van der Waals surface area contributed by atoms with Crippen LogP contribution in [0.15, 0.2) is 24.3 Å². The molecule has 0 aromatic heterocycles. The van der Waals surface area contributed by atoms with Gasteiger partial charge in [0.15, 0.2) is 0 Å². The largest absolute Gasteiger partial charge is 0.462 e. The maximum atomic E-state index is 13.2. The number of nitrogens with two attached hydrogens (primary N) is 1. The maximum Gasteiger partial charge on any atom is 0.312 e. The molecule has 0 spiro atoms. The molecule has 2 heterocycles. The van der Waals surface area contributed by atoms with Gasteiger partial charge in [-0.15, -0.1) is 0 Å². The molecule has 0 aliphatic carbocycles. The van der Waals surface area contributed by atoms with E-state index in [4.69, 9.17) is 10.5 Å². The van der Waals surface area contributed by atoms with Crippen LogP contribution in [0.25, 0.3) is 0 Å². The van der Waals surface area contributed by atoms with Crippen LogP contribution in [0.1, 0.15) is 92.9 Å². The van der Waals surface area contributed by atoms with Gasteiger partial charge in [0.25, 0.3) is 0 Å². The number of halogens is 1. The number of cyclic esters (lactones) is 1. The lowest BCUT2D eigenvalue weighted by atomic mass is 9.76. The third-order valence-corrected chi connectivity index (χ3v) is 7.30. The molecule has 37 heavy (non-hydrogen) atoms. The van der Waals surface area contributed by atoms with E-state index in [1.54, 1.807) is 0 Å². The zero-order chi connectivity index (χ0) is 27.8. The number of unbranched alkanes of at least 4 members (excludes halogenated alkanes) is 2. The highest BCUT2D eigenvalue weighted by Crippen LogP contribution is 2.43. The van der Waals surface area contributed by atoms with Gasteiger partial charge in [-0.25, -0.2) is 4.39 Å². The van der Waals surface area contributed by atoms with E-state index < -0.39 is 0 Å². The van der Waals surface area contributed by atoms with E-state index >= 15 is 0 Å². The molecule has 2 N–H and O–H groups in total. The van der Waals surface area contributed by atoms with Crippen LogP contribution in [0.3, 0.4) is 0 Å². The SMILES string of the molecule is CC.CC(=O)CN.CCCCCC1(CCC)CC(CCN2CCN(c3ccc(F)cc3)CC2C)OC1=O. The van der Waals surface area contributed by atoms with Crippen molar-refractivity contribution in [2.45, 2.75) is 105 Å². The highest BCUT2D eigenvalue weighted by Gasteiger charge is 2.47. The molecule has 3 unspecified atom stereocenters. The average Bonchev–Trinajstić information content (AvgIpc) is 3.20. The highest BCUT2D eigenvalue weighted by atomic mass is 19.1. The molecule has 3 atom stereocenters. The number of benzene rings is 1. The van der Waals surface area contributed by atoms with Gasteiger partial charge in [-0.1, -0.05) is 53.4 Å². The number of Topliss-reactive ketones (excluding diaryl/α,β-unsaturated/α-hetero) is 1. The number of anilines is 1. The molecular formula is C30H52FN3O3. The summed E-state index contributed by atoms with van der Waals surface area (Å²) in [4.78, 5) is 27.3. The van der Waals surface area contributed by atoms with E-state index in [0.29, 0.717) is 6.04 Å². The Hall–Kier alpha value is -1.99. The molecule has 212 valence electrons. The van der Waals surface area contributed by atoms with Crippen molar-refractivity contribution in [1.82, 2.24) is 4.90 Å². The Kier molecular flexibility index (Phi) is 15.6. The predicted octanol–water partition coefficient (Wildman–Crippen LogP) is 5.97. The van der Waals surface area contributed by atoms with E-state index in [1.807, 2.05) is 26.0 Å². The first-order valence-corrected chi connectivity index (χ1v) is 14.4. The van der Waals surface area contributed by atoms with Crippen LogP contribution >= 0.6 is 0 Å². The summed E-state index contributed by atoms with van der Waals surface area (Å²) in [6.45, 7) is 16.1. The summed E-state index contributed by atoms with van der Waals surface area (Å²) in [6.07, 6.45) is 8.36. The second-order valence-corrected chi connectivity index (χ2v) is 10.2. The van der Waals surface area contributed by atoms with E-state index in [2.05, 4.69) is 30.6 Å². The van der Waals surface area contributed by atoms with Gasteiger partial charge in [0.2, 0.25) is 0 Å². The van der Waals surface area contributed by atoms with Crippen molar-refractivity contribution in [3.05, 3.63) is 30.1 Å². The fraction of sp³-hybridized carbons (Fsp3) is 0.733.